The molecule has 0 radical (unpaired) electrons. The van der Waals surface area contributed by atoms with Gasteiger partial charge in [0.1, 0.15) is 16.9 Å². The van der Waals surface area contributed by atoms with Crippen molar-refractivity contribution < 1.29 is 31.9 Å². The lowest BCUT2D eigenvalue weighted by molar-refractivity contribution is -0.137. The summed E-state index contributed by atoms with van der Waals surface area (Å²) >= 11 is 0. The van der Waals surface area contributed by atoms with Crippen LogP contribution in [0, 0.1) is 0 Å². The number of halogens is 3. The number of alkyl halides is 3. The zero-order valence-corrected chi connectivity index (χ0v) is 22.5. The van der Waals surface area contributed by atoms with E-state index in [4.69, 9.17) is 9.15 Å². The highest BCUT2D eigenvalue weighted by molar-refractivity contribution is 5.98. The summed E-state index contributed by atoms with van der Waals surface area (Å²) in [6, 6.07) is 19.7. The van der Waals surface area contributed by atoms with E-state index in [1.54, 1.807) is 51.1 Å². The minimum absolute atomic E-state index is 0.212. The number of fused-ring (bicyclic) bond motifs is 1. The van der Waals surface area contributed by atoms with Gasteiger partial charge in [-0.15, -0.1) is 0 Å². The molecule has 0 bridgehead atoms. The van der Waals surface area contributed by atoms with E-state index >= 15 is 0 Å². The summed E-state index contributed by atoms with van der Waals surface area (Å²) in [6.07, 6.45) is -4.17. The molecule has 4 rings (SSSR count). The van der Waals surface area contributed by atoms with Gasteiger partial charge in [-0.3, -0.25) is 4.79 Å². The number of furan rings is 1. The first-order chi connectivity index (χ1) is 18.9. The molecule has 0 aliphatic carbocycles. The van der Waals surface area contributed by atoms with Crippen LogP contribution in [0.2, 0.25) is 0 Å². The lowest BCUT2D eigenvalue weighted by Gasteiger charge is -2.19. The summed E-state index contributed by atoms with van der Waals surface area (Å²) in [5.74, 6) is 0.291. The molecule has 0 spiro atoms. The maximum Gasteiger partial charge on any atom is 0.416 e. The number of carbonyl (C=O) groups excluding carboxylic acids is 2. The zero-order chi connectivity index (χ0) is 28.9. The molecule has 2 N–H and O–H groups in total. The van der Waals surface area contributed by atoms with Crippen LogP contribution in [-0.2, 0) is 17.3 Å². The van der Waals surface area contributed by atoms with Crippen molar-refractivity contribution in [2.75, 3.05) is 13.1 Å². The van der Waals surface area contributed by atoms with Crippen molar-refractivity contribution in [2.45, 2.75) is 45.4 Å². The Bertz CT molecular complexity index is 1500. The average Bonchev–Trinajstić information content (AvgIpc) is 3.29. The molecular formula is C31H31F3N2O4. The van der Waals surface area contributed by atoms with E-state index in [9.17, 15) is 22.8 Å². The van der Waals surface area contributed by atoms with Crippen LogP contribution in [0.3, 0.4) is 0 Å². The molecule has 0 saturated heterocycles. The van der Waals surface area contributed by atoms with Crippen LogP contribution in [0.25, 0.3) is 22.1 Å². The SMILES string of the molecule is CC(C)(C)OC(=O)NCCCNC(=O)c1cccc(-c2cccc3oc(Cc4cccc(C(F)(F)F)c4)cc23)c1. The Balaban J connectivity index is 1.42. The van der Waals surface area contributed by atoms with Gasteiger partial charge in [-0.2, -0.15) is 13.2 Å². The van der Waals surface area contributed by atoms with Gasteiger partial charge in [-0.25, -0.2) is 4.79 Å². The van der Waals surface area contributed by atoms with E-state index in [2.05, 4.69) is 10.6 Å². The summed E-state index contributed by atoms with van der Waals surface area (Å²) < 4.78 is 50.5. The van der Waals surface area contributed by atoms with Crippen molar-refractivity contribution in [3.63, 3.8) is 0 Å². The van der Waals surface area contributed by atoms with Crippen LogP contribution >= 0.6 is 0 Å². The van der Waals surface area contributed by atoms with Crippen LogP contribution < -0.4 is 10.6 Å². The fourth-order valence-corrected chi connectivity index (χ4v) is 4.24. The van der Waals surface area contributed by atoms with Crippen LogP contribution in [0.1, 0.15) is 54.4 Å². The second-order valence-corrected chi connectivity index (χ2v) is 10.4. The van der Waals surface area contributed by atoms with Gasteiger partial charge >= 0.3 is 12.3 Å². The number of carbonyl (C=O) groups is 2. The summed E-state index contributed by atoms with van der Waals surface area (Å²) in [5.41, 5.74) is 1.94. The second-order valence-electron chi connectivity index (χ2n) is 10.4. The highest BCUT2D eigenvalue weighted by Crippen LogP contribution is 2.33. The van der Waals surface area contributed by atoms with Crippen molar-refractivity contribution in [2.24, 2.45) is 0 Å². The van der Waals surface area contributed by atoms with E-state index in [1.165, 1.54) is 6.07 Å². The Morgan fingerprint density at radius 1 is 0.875 bits per heavy atom. The Morgan fingerprint density at radius 3 is 2.35 bits per heavy atom. The Labute approximate surface area is 230 Å². The molecule has 0 fully saturated rings. The number of ether oxygens (including phenoxy) is 1. The Hall–Kier alpha value is -4.27. The quantitative estimate of drug-likeness (QED) is 0.224. The maximum atomic E-state index is 13.1. The molecule has 1 aromatic heterocycles. The van der Waals surface area contributed by atoms with Gasteiger partial charge in [0.15, 0.2) is 0 Å². The number of hydrogen-bond acceptors (Lipinski definition) is 4. The molecule has 9 heteroatoms. The average molecular weight is 553 g/mol. The normalized spacial score (nSPS) is 11.8. The smallest absolute Gasteiger partial charge is 0.416 e. The highest BCUT2D eigenvalue weighted by Gasteiger charge is 2.30. The van der Waals surface area contributed by atoms with Gasteiger partial charge in [-0.1, -0.05) is 42.5 Å². The molecule has 0 unspecified atom stereocenters. The summed E-state index contributed by atoms with van der Waals surface area (Å²) in [7, 11) is 0. The van der Waals surface area contributed by atoms with E-state index in [-0.39, 0.29) is 12.3 Å². The molecule has 0 aliphatic rings. The van der Waals surface area contributed by atoms with Gasteiger partial charge in [0.2, 0.25) is 0 Å². The van der Waals surface area contributed by atoms with E-state index in [0.717, 1.165) is 28.6 Å². The van der Waals surface area contributed by atoms with Crippen molar-refractivity contribution >= 4 is 23.0 Å². The van der Waals surface area contributed by atoms with E-state index in [0.29, 0.717) is 42.0 Å². The van der Waals surface area contributed by atoms with Gasteiger partial charge in [0.25, 0.3) is 5.91 Å². The van der Waals surface area contributed by atoms with Crippen molar-refractivity contribution in [1.82, 2.24) is 10.6 Å². The molecule has 0 atom stereocenters. The predicted octanol–water partition coefficient (Wildman–Crippen LogP) is 7.35. The minimum Gasteiger partial charge on any atom is -0.461 e. The molecule has 2 amide bonds. The van der Waals surface area contributed by atoms with Crippen molar-refractivity contribution in [1.29, 1.82) is 0 Å². The molecule has 4 aromatic rings. The first-order valence-corrected chi connectivity index (χ1v) is 12.9. The first kappa shape index (κ1) is 28.7. The number of alkyl carbamates (subject to hydrolysis) is 1. The van der Waals surface area contributed by atoms with Crippen LogP contribution in [0.4, 0.5) is 18.0 Å². The molecule has 1 heterocycles. The van der Waals surface area contributed by atoms with Gasteiger partial charge in [0.05, 0.1) is 5.56 Å². The third kappa shape index (κ3) is 7.65. The van der Waals surface area contributed by atoms with Crippen molar-refractivity contribution in [3.05, 3.63) is 95.2 Å². The van der Waals surface area contributed by atoms with Crippen molar-refractivity contribution in [3.8, 4) is 11.1 Å². The van der Waals surface area contributed by atoms with Gasteiger partial charge in [0, 0.05) is 30.5 Å². The molecule has 0 saturated carbocycles. The topological polar surface area (TPSA) is 80.6 Å². The Kier molecular flexibility index (Phi) is 8.52. The predicted molar refractivity (Wildman–Crippen MR) is 147 cm³/mol. The van der Waals surface area contributed by atoms with Gasteiger partial charge in [-0.05, 0) is 74.2 Å². The van der Waals surface area contributed by atoms with Gasteiger partial charge < -0.3 is 19.8 Å². The fraction of sp³-hybridized carbons (Fsp3) is 0.290. The first-order valence-electron chi connectivity index (χ1n) is 12.9. The Morgan fingerprint density at radius 2 is 1.60 bits per heavy atom. The molecular weight excluding hydrogens is 521 g/mol. The molecule has 0 aliphatic heterocycles. The maximum absolute atomic E-state index is 13.1. The third-order valence-electron chi connectivity index (χ3n) is 5.99. The second kappa shape index (κ2) is 11.9. The largest absolute Gasteiger partial charge is 0.461 e. The number of benzene rings is 3. The van der Waals surface area contributed by atoms with Crippen LogP contribution in [-0.4, -0.2) is 30.7 Å². The van der Waals surface area contributed by atoms with E-state index in [1.807, 2.05) is 24.3 Å². The molecule has 40 heavy (non-hydrogen) atoms. The fourth-order valence-electron chi connectivity index (χ4n) is 4.24. The zero-order valence-electron chi connectivity index (χ0n) is 22.5. The standard InChI is InChI=1S/C31H31F3N2O4/c1-30(2,3)40-29(38)36-15-7-14-35-28(37)22-10-5-9-21(18-22)25-12-6-13-27-26(25)19-24(39-27)17-20-8-4-11-23(16-20)31(32,33)34/h4-6,8-13,16,18-19H,7,14-15,17H2,1-3H3,(H,35,37)(H,36,38). The number of nitrogens with one attached hydrogen (secondary N) is 2. The van der Waals surface area contributed by atoms with E-state index < -0.39 is 23.4 Å². The lowest BCUT2D eigenvalue weighted by atomic mass is 9.99. The third-order valence-corrected chi connectivity index (χ3v) is 5.99. The monoisotopic (exact) mass is 552 g/mol. The number of rotatable bonds is 8. The van der Waals surface area contributed by atoms with Crippen LogP contribution in [0.5, 0.6) is 0 Å². The summed E-state index contributed by atoms with van der Waals surface area (Å²) in [4.78, 5) is 24.5. The summed E-state index contributed by atoms with van der Waals surface area (Å²) in [5, 5.41) is 6.31. The molecule has 6 nitrogen and oxygen atoms in total. The molecule has 3 aromatic carbocycles. The molecule has 210 valence electrons. The lowest BCUT2D eigenvalue weighted by Crippen LogP contribution is -2.34. The summed E-state index contributed by atoms with van der Waals surface area (Å²) in [6.45, 7) is 6.09. The van der Waals surface area contributed by atoms with Crippen LogP contribution in [0.15, 0.2) is 77.2 Å². The number of amides is 2. The highest BCUT2D eigenvalue weighted by atomic mass is 19.4. The number of hydrogen-bond donors (Lipinski definition) is 2. The minimum atomic E-state index is -4.41.